The van der Waals surface area contributed by atoms with E-state index in [9.17, 15) is 9.59 Å². The number of thioether (sulfide) groups is 1. The molecule has 0 aliphatic carbocycles. The number of halogens is 1. The highest BCUT2D eigenvalue weighted by Gasteiger charge is 2.14. The van der Waals surface area contributed by atoms with Crippen LogP contribution >= 0.6 is 23.4 Å². The fourth-order valence-corrected chi connectivity index (χ4v) is 3.82. The Morgan fingerprint density at radius 2 is 1.90 bits per heavy atom. The van der Waals surface area contributed by atoms with Gasteiger partial charge in [0.25, 0.3) is 0 Å². The molecule has 30 heavy (non-hydrogen) atoms. The summed E-state index contributed by atoms with van der Waals surface area (Å²) in [5.74, 6) is -0.125. The molecule has 0 aliphatic rings. The van der Waals surface area contributed by atoms with Crippen molar-refractivity contribution in [2.75, 3.05) is 11.1 Å². The molecule has 0 saturated carbocycles. The second kappa shape index (κ2) is 8.33. The lowest BCUT2D eigenvalue weighted by molar-refractivity contribution is -0.113. The van der Waals surface area contributed by atoms with Crippen LogP contribution in [0.2, 0.25) is 5.02 Å². The van der Waals surface area contributed by atoms with Crippen LogP contribution in [-0.4, -0.2) is 30.8 Å². The fraction of sp³-hybridized carbons (Fsp3) is 0.143. The number of fused-ring (bicyclic) bond motifs is 1. The number of aryl methyl sites for hydroxylation is 2. The standard InChI is InChI=1S/C21H18ClN5O2S/c1-13-7-8-15(11-14(13)2)26-9-10-27-19(20(26)29)24-25-21(27)30-12-18(28)23-17-6-4-3-5-16(17)22/h3-11H,12H2,1-2H3,(H,23,28). The molecule has 2 aromatic heterocycles. The number of para-hydroxylation sites is 1. The number of rotatable bonds is 5. The van der Waals surface area contributed by atoms with Crippen LogP contribution in [0, 0.1) is 13.8 Å². The number of aromatic nitrogens is 4. The van der Waals surface area contributed by atoms with E-state index < -0.39 is 0 Å². The third-order valence-corrected chi connectivity index (χ3v) is 5.96. The molecule has 1 N–H and O–H groups in total. The van der Waals surface area contributed by atoms with Crippen LogP contribution in [0.5, 0.6) is 0 Å². The maximum Gasteiger partial charge on any atom is 0.300 e. The van der Waals surface area contributed by atoms with E-state index in [1.807, 2.05) is 32.0 Å². The van der Waals surface area contributed by atoms with Gasteiger partial charge in [-0.25, -0.2) is 0 Å². The van der Waals surface area contributed by atoms with E-state index in [-0.39, 0.29) is 22.9 Å². The van der Waals surface area contributed by atoms with E-state index in [1.165, 1.54) is 16.3 Å². The summed E-state index contributed by atoms with van der Waals surface area (Å²) in [5, 5.41) is 11.8. The first-order valence-corrected chi connectivity index (χ1v) is 10.5. The van der Waals surface area contributed by atoms with Gasteiger partial charge in [0.2, 0.25) is 11.6 Å². The summed E-state index contributed by atoms with van der Waals surface area (Å²) in [7, 11) is 0. The van der Waals surface area contributed by atoms with Crippen LogP contribution < -0.4 is 10.9 Å². The second-order valence-electron chi connectivity index (χ2n) is 6.73. The average molecular weight is 440 g/mol. The summed E-state index contributed by atoms with van der Waals surface area (Å²) < 4.78 is 3.13. The smallest absolute Gasteiger partial charge is 0.300 e. The predicted molar refractivity (Wildman–Crippen MR) is 119 cm³/mol. The summed E-state index contributed by atoms with van der Waals surface area (Å²) in [5.41, 5.74) is 3.49. The van der Waals surface area contributed by atoms with E-state index in [4.69, 9.17) is 11.6 Å². The monoisotopic (exact) mass is 439 g/mol. The Hall–Kier alpha value is -3.10. The number of nitrogens with one attached hydrogen (secondary N) is 1. The van der Waals surface area contributed by atoms with Gasteiger partial charge in [0.1, 0.15) is 0 Å². The Kier molecular flexibility index (Phi) is 5.61. The number of hydrogen-bond acceptors (Lipinski definition) is 5. The third-order valence-electron chi connectivity index (χ3n) is 4.69. The Balaban J connectivity index is 1.54. The summed E-state index contributed by atoms with van der Waals surface area (Å²) in [4.78, 5) is 25.1. The molecule has 4 aromatic rings. The van der Waals surface area contributed by atoms with Gasteiger partial charge in [-0.05, 0) is 49.2 Å². The quantitative estimate of drug-likeness (QED) is 0.477. The molecular weight excluding hydrogens is 422 g/mol. The minimum absolute atomic E-state index is 0.103. The number of carbonyl (C=O) groups is 1. The summed E-state index contributed by atoms with van der Waals surface area (Å²) in [6.45, 7) is 4.02. The molecule has 9 heteroatoms. The van der Waals surface area contributed by atoms with Gasteiger partial charge in [-0.2, -0.15) is 0 Å². The van der Waals surface area contributed by atoms with Gasteiger partial charge >= 0.3 is 5.56 Å². The van der Waals surface area contributed by atoms with Crippen molar-refractivity contribution in [1.82, 2.24) is 19.2 Å². The minimum atomic E-state index is -0.277. The number of carbonyl (C=O) groups excluding carboxylic acids is 1. The van der Waals surface area contributed by atoms with Crippen molar-refractivity contribution in [1.29, 1.82) is 0 Å². The highest BCUT2D eigenvalue weighted by Crippen LogP contribution is 2.22. The zero-order valence-electron chi connectivity index (χ0n) is 16.3. The van der Waals surface area contributed by atoms with Crippen molar-refractivity contribution in [2.24, 2.45) is 0 Å². The topological polar surface area (TPSA) is 81.3 Å². The molecule has 4 rings (SSSR count). The lowest BCUT2D eigenvalue weighted by atomic mass is 10.1. The van der Waals surface area contributed by atoms with Crippen molar-refractivity contribution >= 4 is 40.6 Å². The first-order chi connectivity index (χ1) is 14.4. The van der Waals surface area contributed by atoms with E-state index in [1.54, 1.807) is 41.1 Å². The number of hydrogen-bond donors (Lipinski definition) is 1. The molecule has 1 amide bonds. The van der Waals surface area contributed by atoms with Gasteiger partial charge in [-0.1, -0.05) is 41.6 Å². The van der Waals surface area contributed by atoms with Gasteiger partial charge in [-0.15, -0.1) is 10.2 Å². The highest BCUT2D eigenvalue weighted by atomic mass is 35.5. The number of benzene rings is 2. The van der Waals surface area contributed by atoms with Crippen molar-refractivity contribution in [3.8, 4) is 5.69 Å². The van der Waals surface area contributed by atoms with E-state index >= 15 is 0 Å². The molecule has 7 nitrogen and oxygen atoms in total. The molecule has 0 saturated heterocycles. The van der Waals surface area contributed by atoms with Gasteiger partial charge in [0.15, 0.2) is 5.16 Å². The Morgan fingerprint density at radius 1 is 1.10 bits per heavy atom. The Morgan fingerprint density at radius 3 is 2.67 bits per heavy atom. The van der Waals surface area contributed by atoms with Crippen LogP contribution in [-0.2, 0) is 4.79 Å². The van der Waals surface area contributed by atoms with Crippen molar-refractivity contribution in [3.63, 3.8) is 0 Å². The molecule has 0 fully saturated rings. The molecule has 0 aliphatic heterocycles. The zero-order chi connectivity index (χ0) is 21.3. The highest BCUT2D eigenvalue weighted by molar-refractivity contribution is 7.99. The van der Waals surface area contributed by atoms with Crippen LogP contribution in [0.15, 0.2) is 64.8 Å². The molecule has 0 atom stereocenters. The fourth-order valence-electron chi connectivity index (χ4n) is 2.92. The van der Waals surface area contributed by atoms with E-state index in [0.717, 1.165) is 16.8 Å². The molecule has 152 valence electrons. The molecule has 2 aromatic carbocycles. The third kappa shape index (κ3) is 3.96. The average Bonchev–Trinajstić information content (AvgIpc) is 3.15. The maximum atomic E-state index is 12.9. The van der Waals surface area contributed by atoms with Gasteiger partial charge in [0, 0.05) is 18.1 Å². The van der Waals surface area contributed by atoms with Gasteiger partial charge in [0.05, 0.1) is 16.5 Å². The lowest BCUT2D eigenvalue weighted by Gasteiger charge is -2.09. The first kappa shape index (κ1) is 20.2. The van der Waals surface area contributed by atoms with Gasteiger partial charge in [-0.3, -0.25) is 18.6 Å². The predicted octanol–water partition coefficient (Wildman–Crippen LogP) is 3.88. The molecule has 2 heterocycles. The largest absolute Gasteiger partial charge is 0.324 e. The molecule has 0 spiro atoms. The number of anilines is 1. The van der Waals surface area contributed by atoms with Crippen LogP contribution in [0.1, 0.15) is 11.1 Å². The molecule has 0 radical (unpaired) electrons. The molecule has 0 bridgehead atoms. The summed E-state index contributed by atoms with van der Waals surface area (Å²) >= 11 is 7.25. The minimum Gasteiger partial charge on any atom is -0.324 e. The molecule has 0 unspecified atom stereocenters. The number of nitrogens with zero attached hydrogens (tertiary/aromatic N) is 4. The Labute approximate surface area is 181 Å². The van der Waals surface area contributed by atoms with Crippen molar-refractivity contribution in [3.05, 3.63) is 81.4 Å². The maximum absolute atomic E-state index is 12.9. The van der Waals surface area contributed by atoms with E-state index in [2.05, 4.69) is 15.5 Å². The normalized spacial score (nSPS) is 11.0. The van der Waals surface area contributed by atoms with Crippen LogP contribution in [0.3, 0.4) is 0 Å². The summed E-state index contributed by atoms with van der Waals surface area (Å²) in [6.07, 6.45) is 3.40. The van der Waals surface area contributed by atoms with Crippen molar-refractivity contribution < 1.29 is 4.79 Å². The summed E-state index contributed by atoms with van der Waals surface area (Å²) in [6, 6.07) is 12.8. The Bertz CT molecular complexity index is 1310. The lowest BCUT2D eigenvalue weighted by Crippen LogP contribution is -2.20. The SMILES string of the molecule is Cc1ccc(-n2ccn3c(SCC(=O)Nc4ccccc4Cl)nnc3c2=O)cc1C. The van der Waals surface area contributed by atoms with Gasteiger partial charge < -0.3 is 5.32 Å². The number of amides is 1. The van der Waals surface area contributed by atoms with Crippen LogP contribution in [0.4, 0.5) is 5.69 Å². The first-order valence-electron chi connectivity index (χ1n) is 9.15. The zero-order valence-corrected chi connectivity index (χ0v) is 17.9. The second-order valence-corrected chi connectivity index (χ2v) is 8.08. The van der Waals surface area contributed by atoms with E-state index in [0.29, 0.717) is 15.9 Å². The molecular formula is C21H18ClN5O2S. The van der Waals surface area contributed by atoms with Crippen molar-refractivity contribution in [2.45, 2.75) is 19.0 Å². The van der Waals surface area contributed by atoms with Crippen LogP contribution in [0.25, 0.3) is 11.3 Å².